The minimum absolute atomic E-state index is 0.292. The lowest BCUT2D eigenvalue weighted by molar-refractivity contribution is -0.147. The highest BCUT2D eigenvalue weighted by Gasteiger charge is 2.34. The summed E-state index contributed by atoms with van der Waals surface area (Å²) in [7, 11) is 0. The van der Waals surface area contributed by atoms with E-state index in [4.69, 9.17) is 0 Å². The van der Waals surface area contributed by atoms with Crippen molar-refractivity contribution in [2.75, 3.05) is 0 Å². The van der Waals surface area contributed by atoms with Gasteiger partial charge in [-0.05, 0) is 20.3 Å². The summed E-state index contributed by atoms with van der Waals surface area (Å²) in [6.07, 6.45) is 3.02. The van der Waals surface area contributed by atoms with Gasteiger partial charge in [-0.25, -0.2) is 0 Å². The monoisotopic (exact) mass is 186 g/mol. The Bertz CT molecular complexity index is 194. The Morgan fingerprint density at radius 2 is 1.85 bits per heavy atom. The number of unbranched alkanes of at least 4 members (excludes halogenated alkanes) is 2. The van der Waals surface area contributed by atoms with Crippen LogP contribution in [-0.2, 0) is 9.59 Å². The Morgan fingerprint density at radius 1 is 1.31 bits per heavy atom. The van der Waals surface area contributed by atoms with E-state index in [-0.39, 0.29) is 5.78 Å². The molecule has 1 N–H and O–H groups in total. The molecule has 0 saturated carbocycles. The van der Waals surface area contributed by atoms with Crippen molar-refractivity contribution >= 4 is 11.6 Å². The van der Waals surface area contributed by atoms with Crippen molar-refractivity contribution < 1.29 is 14.7 Å². The third kappa shape index (κ3) is 3.68. The van der Waals surface area contributed by atoms with Crippen molar-refractivity contribution in [3.05, 3.63) is 0 Å². The lowest BCUT2D eigenvalue weighted by Crippen LogP contribution is -2.42. The minimum Gasteiger partial charge on any atom is -0.375 e. The predicted molar refractivity (Wildman–Crippen MR) is 50.5 cm³/mol. The van der Waals surface area contributed by atoms with Gasteiger partial charge in [-0.2, -0.15) is 0 Å². The van der Waals surface area contributed by atoms with Crippen LogP contribution < -0.4 is 0 Å². The van der Waals surface area contributed by atoms with Gasteiger partial charge in [-0.3, -0.25) is 9.59 Å². The van der Waals surface area contributed by atoms with Crippen LogP contribution in [0.25, 0.3) is 0 Å². The molecule has 0 aromatic heterocycles. The first-order chi connectivity index (χ1) is 5.92. The SMILES string of the molecule is CCCCCC(=O)C(C)(O)C(C)=O. The second kappa shape index (κ2) is 5.12. The van der Waals surface area contributed by atoms with Crippen molar-refractivity contribution in [2.24, 2.45) is 0 Å². The van der Waals surface area contributed by atoms with Gasteiger partial charge >= 0.3 is 0 Å². The van der Waals surface area contributed by atoms with Crippen molar-refractivity contribution in [3.63, 3.8) is 0 Å². The van der Waals surface area contributed by atoms with Crippen molar-refractivity contribution in [3.8, 4) is 0 Å². The maximum absolute atomic E-state index is 11.3. The standard InChI is InChI=1S/C10H18O3/c1-4-5-6-7-9(12)10(3,13)8(2)11/h13H,4-7H2,1-3H3. The number of Topliss-reactive ketones (excluding diaryl/α,β-unsaturated/α-hetero) is 2. The van der Waals surface area contributed by atoms with Crippen LogP contribution in [0.4, 0.5) is 0 Å². The molecule has 0 fully saturated rings. The molecule has 0 saturated heterocycles. The van der Waals surface area contributed by atoms with E-state index < -0.39 is 11.4 Å². The van der Waals surface area contributed by atoms with E-state index in [1.54, 1.807) is 0 Å². The molecule has 1 unspecified atom stereocenters. The van der Waals surface area contributed by atoms with Gasteiger partial charge in [0.1, 0.15) is 0 Å². The first-order valence-electron chi connectivity index (χ1n) is 4.69. The lowest BCUT2D eigenvalue weighted by Gasteiger charge is -2.17. The first-order valence-corrected chi connectivity index (χ1v) is 4.69. The molecule has 0 aliphatic heterocycles. The van der Waals surface area contributed by atoms with E-state index in [9.17, 15) is 14.7 Å². The van der Waals surface area contributed by atoms with Crippen molar-refractivity contribution in [2.45, 2.75) is 52.1 Å². The third-order valence-corrected chi connectivity index (χ3v) is 2.24. The normalized spacial score (nSPS) is 15.1. The molecule has 0 bridgehead atoms. The van der Waals surface area contributed by atoms with Gasteiger partial charge in [-0.15, -0.1) is 0 Å². The quantitative estimate of drug-likeness (QED) is 0.505. The number of hydrogen-bond acceptors (Lipinski definition) is 3. The molecule has 3 nitrogen and oxygen atoms in total. The molecule has 76 valence electrons. The zero-order valence-electron chi connectivity index (χ0n) is 8.59. The Hall–Kier alpha value is -0.700. The average Bonchev–Trinajstić information content (AvgIpc) is 2.04. The van der Waals surface area contributed by atoms with Crippen LogP contribution in [0, 0.1) is 0 Å². The number of ketones is 2. The summed E-state index contributed by atoms with van der Waals surface area (Å²) in [5.74, 6) is -0.845. The molecule has 0 rings (SSSR count). The number of carbonyl (C=O) groups excluding carboxylic acids is 2. The summed E-state index contributed by atoms with van der Waals surface area (Å²) < 4.78 is 0. The molecule has 13 heavy (non-hydrogen) atoms. The van der Waals surface area contributed by atoms with Crippen molar-refractivity contribution in [1.82, 2.24) is 0 Å². The van der Waals surface area contributed by atoms with E-state index in [2.05, 4.69) is 0 Å². The molecule has 3 heteroatoms. The molecule has 0 aromatic rings. The minimum atomic E-state index is -1.77. The fraction of sp³-hybridized carbons (Fsp3) is 0.800. The number of aliphatic hydroxyl groups is 1. The fourth-order valence-electron chi connectivity index (χ4n) is 0.975. The molecule has 0 heterocycles. The molecule has 0 aliphatic carbocycles. The van der Waals surface area contributed by atoms with E-state index in [0.717, 1.165) is 19.3 Å². The van der Waals surface area contributed by atoms with E-state index in [0.29, 0.717) is 6.42 Å². The number of rotatable bonds is 6. The molecule has 0 spiro atoms. The fourth-order valence-corrected chi connectivity index (χ4v) is 0.975. The second-order valence-corrected chi connectivity index (χ2v) is 3.51. The van der Waals surface area contributed by atoms with Crippen LogP contribution in [0.15, 0.2) is 0 Å². The Morgan fingerprint density at radius 3 is 2.23 bits per heavy atom. The van der Waals surface area contributed by atoms with Gasteiger partial charge < -0.3 is 5.11 Å². The topological polar surface area (TPSA) is 54.4 Å². The summed E-state index contributed by atoms with van der Waals surface area (Å²) in [4.78, 5) is 22.2. The maximum atomic E-state index is 11.3. The Kier molecular flexibility index (Phi) is 4.85. The van der Waals surface area contributed by atoms with Crippen LogP contribution in [-0.4, -0.2) is 22.3 Å². The largest absolute Gasteiger partial charge is 0.375 e. The molecular formula is C10H18O3. The lowest BCUT2D eigenvalue weighted by atomic mass is 9.93. The highest BCUT2D eigenvalue weighted by molar-refractivity contribution is 6.08. The highest BCUT2D eigenvalue weighted by atomic mass is 16.3. The van der Waals surface area contributed by atoms with Crippen LogP contribution in [0.1, 0.15) is 46.5 Å². The van der Waals surface area contributed by atoms with E-state index in [1.165, 1.54) is 13.8 Å². The Labute approximate surface area is 79.1 Å². The summed E-state index contributed by atoms with van der Waals surface area (Å²) in [5.41, 5.74) is -1.77. The molecular weight excluding hydrogens is 168 g/mol. The molecule has 0 radical (unpaired) electrons. The van der Waals surface area contributed by atoms with Crippen LogP contribution in [0.2, 0.25) is 0 Å². The molecule has 1 atom stereocenters. The van der Waals surface area contributed by atoms with Gasteiger partial charge in [0, 0.05) is 6.42 Å². The third-order valence-electron chi connectivity index (χ3n) is 2.24. The first kappa shape index (κ1) is 12.3. The predicted octanol–water partition coefficient (Wildman–Crippen LogP) is 1.48. The smallest absolute Gasteiger partial charge is 0.177 e. The molecule has 0 amide bonds. The van der Waals surface area contributed by atoms with Gasteiger partial charge in [0.05, 0.1) is 0 Å². The zero-order chi connectivity index (χ0) is 10.5. The summed E-state index contributed by atoms with van der Waals surface area (Å²) in [6, 6.07) is 0. The maximum Gasteiger partial charge on any atom is 0.177 e. The second-order valence-electron chi connectivity index (χ2n) is 3.51. The number of hydrogen-bond donors (Lipinski definition) is 1. The van der Waals surface area contributed by atoms with Gasteiger partial charge in [0.15, 0.2) is 17.2 Å². The van der Waals surface area contributed by atoms with Crippen molar-refractivity contribution in [1.29, 1.82) is 0 Å². The summed E-state index contributed by atoms with van der Waals surface area (Å²) in [5, 5.41) is 9.46. The van der Waals surface area contributed by atoms with Gasteiger partial charge in [0.25, 0.3) is 0 Å². The zero-order valence-corrected chi connectivity index (χ0v) is 8.59. The van der Waals surface area contributed by atoms with Crippen LogP contribution in [0.5, 0.6) is 0 Å². The number of carbonyl (C=O) groups is 2. The molecule has 0 aromatic carbocycles. The average molecular weight is 186 g/mol. The summed E-state index contributed by atoms with van der Waals surface area (Å²) in [6.45, 7) is 4.54. The van der Waals surface area contributed by atoms with Crippen LogP contribution >= 0.6 is 0 Å². The summed E-state index contributed by atoms with van der Waals surface area (Å²) >= 11 is 0. The van der Waals surface area contributed by atoms with E-state index >= 15 is 0 Å². The highest BCUT2D eigenvalue weighted by Crippen LogP contribution is 2.12. The van der Waals surface area contributed by atoms with Gasteiger partial charge in [0.2, 0.25) is 0 Å². The van der Waals surface area contributed by atoms with Crippen LogP contribution in [0.3, 0.4) is 0 Å². The van der Waals surface area contributed by atoms with E-state index in [1.807, 2.05) is 6.92 Å². The van der Waals surface area contributed by atoms with Gasteiger partial charge in [-0.1, -0.05) is 19.8 Å². The molecule has 0 aliphatic rings. The Balaban J connectivity index is 4.03.